The highest BCUT2D eigenvalue weighted by Crippen LogP contribution is 2.22. The van der Waals surface area contributed by atoms with Crippen molar-refractivity contribution >= 4 is 21.4 Å². The first-order chi connectivity index (χ1) is 8.92. The van der Waals surface area contributed by atoms with E-state index in [1.807, 2.05) is 13.8 Å². The van der Waals surface area contributed by atoms with Crippen LogP contribution in [0.3, 0.4) is 0 Å². The molecule has 0 unspecified atom stereocenters. The number of hydrogen-bond donors (Lipinski definition) is 2. The van der Waals surface area contributed by atoms with E-state index in [1.54, 1.807) is 23.0 Å². The van der Waals surface area contributed by atoms with Crippen molar-refractivity contribution in [1.29, 1.82) is 0 Å². The minimum atomic E-state index is -3.68. The van der Waals surface area contributed by atoms with Gasteiger partial charge in [-0.25, -0.2) is 8.42 Å². The molecule has 0 saturated carbocycles. The number of nitrogens with two attached hydrogens (primary N) is 1. The summed E-state index contributed by atoms with van der Waals surface area (Å²) in [6.45, 7) is 4.45. The van der Waals surface area contributed by atoms with Crippen molar-refractivity contribution in [3.05, 3.63) is 36.2 Å². The highest BCUT2D eigenvalue weighted by molar-refractivity contribution is 7.92. The molecule has 3 N–H and O–H groups in total. The molecule has 0 aliphatic heterocycles. The Bertz CT molecular complexity index is 692. The Morgan fingerprint density at radius 2 is 2.16 bits per heavy atom. The molecule has 0 radical (unpaired) electrons. The number of nitrogens with zero attached hydrogens (tertiary/aromatic N) is 2. The maximum atomic E-state index is 12.2. The molecular formula is C12H16N4O2S. The fraction of sp³-hybridized carbons (Fsp3) is 0.250. The third kappa shape index (κ3) is 2.87. The van der Waals surface area contributed by atoms with Crippen LogP contribution in [-0.4, -0.2) is 18.2 Å². The van der Waals surface area contributed by atoms with Crippen LogP contribution in [0.2, 0.25) is 0 Å². The van der Waals surface area contributed by atoms with Gasteiger partial charge in [0.1, 0.15) is 4.90 Å². The van der Waals surface area contributed by atoms with Gasteiger partial charge >= 0.3 is 0 Å². The van der Waals surface area contributed by atoms with E-state index < -0.39 is 10.0 Å². The summed E-state index contributed by atoms with van der Waals surface area (Å²) >= 11 is 0. The summed E-state index contributed by atoms with van der Waals surface area (Å²) in [5.74, 6) is 0. The Morgan fingerprint density at radius 1 is 1.42 bits per heavy atom. The van der Waals surface area contributed by atoms with Gasteiger partial charge in [0.05, 0.1) is 17.6 Å². The summed E-state index contributed by atoms with van der Waals surface area (Å²) in [6, 6.07) is 4.83. The van der Waals surface area contributed by atoms with Gasteiger partial charge in [0.2, 0.25) is 0 Å². The van der Waals surface area contributed by atoms with Crippen LogP contribution in [0.1, 0.15) is 12.5 Å². The number of hydrogen-bond acceptors (Lipinski definition) is 4. The molecule has 2 aromatic rings. The Hall–Kier alpha value is -2.02. The second-order valence-corrected chi connectivity index (χ2v) is 5.88. The van der Waals surface area contributed by atoms with E-state index in [0.29, 0.717) is 12.2 Å². The molecule has 6 nitrogen and oxygen atoms in total. The lowest BCUT2D eigenvalue weighted by Gasteiger charge is -2.09. The van der Waals surface area contributed by atoms with Crippen LogP contribution in [0.15, 0.2) is 35.5 Å². The minimum Gasteiger partial charge on any atom is -0.398 e. The van der Waals surface area contributed by atoms with E-state index in [4.69, 9.17) is 5.73 Å². The molecule has 19 heavy (non-hydrogen) atoms. The lowest BCUT2D eigenvalue weighted by Crippen LogP contribution is -2.14. The maximum Gasteiger partial charge on any atom is 0.264 e. The van der Waals surface area contributed by atoms with Crippen LogP contribution >= 0.6 is 0 Å². The zero-order chi connectivity index (χ0) is 14.0. The molecule has 2 rings (SSSR count). The maximum absolute atomic E-state index is 12.2. The van der Waals surface area contributed by atoms with E-state index >= 15 is 0 Å². The molecule has 0 saturated heterocycles. The van der Waals surface area contributed by atoms with Crippen molar-refractivity contribution in [1.82, 2.24) is 9.78 Å². The average molecular weight is 280 g/mol. The van der Waals surface area contributed by atoms with Gasteiger partial charge in [-0.2, -0.15) is 5.10 Å². The van der Waals surface area contributed by atoms with Crippen molar-refractivity contribution in [2.24, 2.45) is 0 Å². The van der Waals surface area contributed by atoms with Gasteiger partial charge in [0.25, 0.3) is 10.0 Å². The summed E-state index contributed by atoms with van der Waals surface area (Å²) in [4.78, 5) is 0.0716. The first-order valence-corrected chi connectivity index (χ1v) is 7.32. The number of aryl methyl sites for hydroxylation is 2. The number of benzene rings is 1. The lowest BCUT2D eigenvalue weighted by atomic mass is 10.2. The highest BCUT2D eigenvalue weighted by atomic mass is 32.2. The van der Waals surface area contributed by atoms with Crippen molar-refractivity contribution in [3.8, 4) is 0 Å². The van der Waals surface area contributed by atoms with Gasteiger partial charge in [-0.05, 0) is 31.5 Å². The third-order valence-electron chi connectivity index (χ3n) is 2.66. The Labute approximate surface area is 112 Å². The van der Waals surface area contributed by atoms with Crippen LogP contribution in [0, 0.1) is 6.92 Å². The van der Waals surface area contributed by atoms with Gasteiger partial charge in [0.15, 0.2) is 0 Å². The number of rotatable bonds is 4. The van der Waals surface area contributed by atoms with Gasteiger partial charge in [-0.3, -0.25) is 9.40 Å². The van der Waals surface area contributed by atoms with Crippen LogP contribution in [0.5, 0.6) is 0 Å². The average Bonchev–Trinajstić information content (AvgIpc) is 2.75. The first kappa shape index (κ1) is 13.4. The molecule has 102 valence electrons. The predicted molar refractivity (Wildman–Crippen MR) is 74.3 cm³/mol. The molecule has 0 aliphatic carbocycles. The first-order valence-electron chi connectivity index (χ1n) is 5.84. The van der Waals surface area contributed by atoms with Crippen LogP contribution in [-0.2, 0) is 16.6 Å². The summed E-state index contributed by atoms with van der Waals surface area (Å²) in [5, 5.41) is 4.01. The molecule has 0 bridgehead atoms. The molecule has 0 fully saturated rings. The second kappa shape index (κ2) is 4.93. The summed E-state index contributed by atoms with van der Waals surface area (Å²) in [6.07, 6.45) is 3.09. The fourth-order valence-electron chi connectivity index (χ4n) is 1.71. The van der Waals surface area contributed by atoms with Crippen LogP contribution in [0.25, 0.3) is 0 Å². The predicted octanol–water partition coefficient (Wildman–Crippen LogP) is 1.59. The Kier molecular flexibility index (Phi) is 3.48. The number of nitrogen functional groups attached to an aromatic ring is 1. The van der Waals surface area contributed by atoms with E-state index in [1.165, 1.54) is 12.3 Å². The molecule has 0 spiro atoms. The number of anilines is 2. The smallest absolute Gasteiger partial charge is 0.264 e. The highest BCUT2D eigenvalue weighted by Gasteiger charge is 2.18. The second-order valence-electron chi connectivity index (χ2n) is 4.23. The molecule has 1 aromatic heterocycles. The monoisotopic (exact) mass is 280 g/mol. The fourth-order valence-corrected chi connectivity index (χ4v) is 2.85. The molecule has 0 atom stereocenters. The standard InChI is InChI=1S/C12H16N4O2S/c1-3-16-8-10(7-14-16)15-19(17,18)12-5-4-9(2)6-11(12)13/h4-8,15H,3,13H2,1-2H3. The Balaban J connectivity index is 2.32. The molecular weight excluding hydrogens is 264 g/mol. The summed E-state index contributed by atoms with van der Waals surface area (Å²) in [5.41, 5.74) is 7.32. The molecule has 7 heteroatoms. The van der Waals surface area contributed by atoms with Gasteiger partial charge in [-0.1, -0.05) is 6.07 Å². The van der Waals surface area contributed by atoms with E-state index in [0.717, 1.165) is 5.56 Å². The molecule has 0 amide bonds. The van der Waals surface area contributed by atoms with E-state index in [2.05, 4.69) is 9.82 Å². The summed E-state index contributed by atoms with van der Waals surface area (Å²) in [7, 11) is -3.68. The quantitative estimate of drug-likeness (QED) is 0.832. The largest absolute Gasteiger partial charge is 0.398 e. The van der Waals surface area contributed by atoms with Gasteiger partial charge < -0.3 is 5.73 Å². The molecule has 0 aliphatic rings. The van der Waals surface area contributed by atoms with Crippen LogP contribution < -0.4 is 10.5 Å². The number of sulfonamides is 1. The Morgan fingerprint density at radius 3 is 2.74 bits per heavy atom. The topological polar surface area (TPSA) is 90.0 Å². The van der Waals surface area contributed by atoms with Crippen LogP contribution in [0.4, 0.5) is 11.4 Å². The molecule has 1 heterocycles. The minimum absolute atomic E-state index is 0.0716. The summed E-state index contributed by atoms with van der Waals surface area (Å²) < 4.78 is 28.5. The van der Waals surface area contributed by atoms with Crippen molar-refractivity contribution in [3.63, 3.8) is 0 Å². The van der Waals surface area contributed by atoms with Gasteiger partial charge in [-0.15, -0.1) is 0 Å². The van der Waals surface area contributed by atoms with Crippen molar-refractivity contribution in [2.45, 2.75) is 25.3 Å². The zero-order valence-corrected chi connectivity index (χ0v) is 11.6. The third-order valence-corrected chi connectivity index (χ3v) is 4.12. The van der Waals surface area contributed by atoms with Crippen molar-refractivity contribution in [2.75, 3.05) is 10.5 Å². The van der Waals surface area contributed by atoms with Gasteiger partial charge in [0, 0.05) is 12.7 Å². The zero-order valence-electron chi connectivity index (χ0n) is 10.8. The van der Waals surface area contributed by atoms with E-state index in [-0.39, 0.29) is 10.6 Å². The molecule has 1 aromatic carbocycles. The SMILES string of the molecule is CCn1cc(NS(=O)(=O)c2ccc(C)cc2N)cn1. The normalized spacial score (nSPS) is 11.5. The lowest BCUT2D eigenvalue weighted by molar-refractivity contribution is 0.601. The number of nitrogens with one attached hydrogen (secondary N) is 1. The number of aromatic nitrogens is 2. The van der Waals surface area contributed by atoms with Crippen molar-refractivity contribution < 1.29 is 8.42 Å². The van der Waals surface area contributed by atoms with E-state index in [9.17, 15) is 8.42 Å².